The minimum Gasteiger partial charge on any atom is -0.493 e. The molecule has 29 heavy (non-hydrogen) atoms. The number of hydrogen-bond acceptors (Lipinski definition) is 6. The Hall–Kier alpha value is -2.61. The van der Waals surface area contributed by atoms with E-state index in [2.05, 4.69) is 20.1 Å². The molecule has 1 aromatic heterocycles. The number of carbonyl (C=O) groups is 1. The molecule has 8 heteroatoms. The van der Waals surface area contributed by atoms with E-state index in [1.54, 1.807) is 7.11 Å². The highest BCUT2D eigenvalue weighted by Gasteiger charge is 2.34. The molecule has 0 bridgehead atoms. The maximum Gasteiger partial charge on any atom is 0.229 e. The first-order valence-corrected chi connectivity index (χ1v) is 10.4. The van der Waals surface area contributed by atoms with E-state index in [0.717, 1.165) is 61.2 Å². The van der Waals surface area contributed by atoms with Crippen molar-refractivity contribution in [1.29, 1.82) is 0 Å². The molecule has 1 atom stereocenters. The zero-order valence-corrected chi connectivity index (χ0v) is 16.8. The van der Waals surface area contributed by atoms with Gasteiger partial charge in [0, 0.05) is 19.0 Å². The fourth-order valence-corrected chi connectivity index (χ4v) is 4.72. The van der Waals surface area contributed by atoms with Crippen LogP contribution in [0.15, 0.2) is 18.2 Å². The van der Waals surface area contributed by atoms with E-state index in [-0.39, 0.29) is 11.8 Å². The number of ether oxygens (including phenoxy) is 2. The zero-order chi connectivity index (χ0) is 19.8. The lowest BCUT2D eigenvalue weighted by molar-refractivity contribution is -0.138. The second-order valence-corrected chi connectivity index (χ2v) is 8.07. The Bertz CT molecular complexity index is 906. The van der Waals surface area contributed by atoms with Crippen LogP contribution in [0.4, 0.5) is 0 Å². The number of piperidine rings is 1. The molecular weight excluding hydrogens is 370 g/mol. The van der Waals surface area contributed by atoms with Gasteiger partial charge in [0.1, 0.15) is 12.4 Å². The largest absolute Gasteiger partial charge is 0.493 e. The molecule has 0 saturated carbocycles. The first kappa shape index (κ1) is 18.4. The second kappa shape index (κ2) is 7.67. The minimum atomic E-state index is -0.173. The predicted octanol–water partition coefficient (Wildman–Crippen LogP) is 1.35. The van der Waals surface area contributed by atoms with Gasteiger partial charge in [-0.3, -0.25) is 4.79 Å². The summed E-state index contributed by atoms with van der Waals surface area (Å²) < 4.78 is 13.5. The number of para-hydroxylation sites is 1. The van der Waals surface area contributed by atoms with E-state index in [9.17, 15) is 4.79 Å². The van der Waals surface area contributed by atoms with Crippen molar-refractivity contribution in [2.45, 2.75) is 38.3 Å². The van der Waals surface area contributed by atoms with Crippen molar-refractivity contribution < 1.29 is 14.3 Å². The molecule has 154 valence electrons. The number of methoxy groups -OCH3 is 1. The summed E-state index contributed by atoms with van der Waals surface area (Å²) in [4.78, 5) is 15.1. The molecule has 1 N–H and O–H groups in total. The number of aromatic nitrogens is 3. The Balaban J connectivity index is 1.28. The Morgan fingerprint density at radius 3 is 2.93 bits per heavy atom. The molecule has 1 fully saturated rings. The lowest BCUT2D eigenvalue weighted by Crippen LogP contribution is -2.45. The molecule has 3 aliphatic heterocycles. The molecule has 0 radical (unpaired) electrons. The van der Waals surface area contributed by atoms with Gasteiger partial charge in [0.25, 0.3) is 0 Å². The van der Waals surface area contributed by atoms with Crippen LogP contribution in [-0.4, -0.2) is 58.9 Å². The lowest BCUT2D eigenvalue weighted by atomic mass is 9.95. The number of nitrogens with one attached hydrogen (secondary N) is 1. The van der Waals surface area contributed by atoms with Gasteiger partial charge < -0.3 is 24.3 Å². The van der Waals surface area contributed by atoms with Crippen molar-refractivity contribution in [2.75, 3.05) is 33.4 Å². The van der Waals surface area contributed by atoms with Crippen LogP contribution in [0.3, 0.4) is 0 Å². The quantitative estimate of drug-likeness (QED) is 0.842. The summed E-state index contributed by atoms with van der Waals surface area (Å²) in [6, 6.07) is 5.84. The van der Waals surface area contributed by atoms with Gasteiger partial charge in [-0.2, -0.15) is 0 Å². The van der Waals surface area contributed by atoms with E-state index in [0.29, 0.717) is 32.0 Å². The third kappa shape index (κ3) is 3.35. The van der Waals surface area contributed by atoms with Gasteiger partial charge in [-0.1, -0.05) is 12.1 Å². The van der Waals surface area contributed by atoms with Crippen molar-refractivity contribution in [3.05, 3.63) is 35.4 Å². The Morgan fingerprint density at radius 2 is 2.10 bits per heavy atom. The molecule has 0 unspecified atom stereocenters. The van der Waals surface area contributed by atoms with Crippen LogP contribution in [0, 0.1) is 5.92 Å². The van der Waals surface area contributed by atoms with Crippen molar-refractivity contribution >= 4 is 5.91 Å². The van der Waals surface area contributed by atoms with Crippen LogP contribution in [0.25, 0.3) is 0 Å². The van der Waals surface area contributed by atoms with Crippen LogP contribution in [-0.2, 0) is 24.3 Å². The monoisotopic (exact) mass is 397 g/mol. The highest BCUT2D eigenvalue weighted by Crippen LogP contribution is 2.36. The summed E-state index contributed by atoms with van der Waals surface area (Å²) in [6.45, 7) is 4.44. The standard InChI is InChI=1S/C21H27N5O3/c1-28-17-4-2-3-15-11-16(13-29-19(15)17)21(27)25-9-10-26-18(12-25)23-24-20(26)14-5-7-22-8-6-14/h2-4,14,16,22H,5-13H2,1H3/t16-/m0/s1. The molecule has 5 rings (SSSR count). The van der Waals surface area contributed by atoms with Crippen LogP contribution in [0.1, 0.15) is 36.0 Å². The van der Waals surface area contributed by atoms with Gasteiger partial charge in [-0.05, 0) is 44.0 Å². The van der Waals surface area contributed by atoms with E-state index in [1.807, 2.05) is 23.1 Å². The summed E-state index contributed by atoms with van der Waals surface area (Å²) in [5.74, 6) is 3.92. The predicted molar refractivity (Wildman–Crippen MR) is 106 cm³/mol. The molecule has 2 aromatic rings. The Morgan fingerprint density at radius 1 is 1.24 bits per heavy atom. The van der Waals surface area contributed by atoms with Crippen molar-refractivity contribution in [2.24, 2.45) is 5.92 Å². The number of fused-ring (bicyclic) bond motifs is 2. The normalized spacial score (nSPS) is 21.8. The van der Waals surface area contributed by atoms with Crippen LogP contribution < -0.4 is 14.8 Å². The van der Waals surface area contributed by atoms with Gasteiger partial charge in [-0.25, -0.2) is 0 Å². The minimum absolute atomic E-state index is 0.135. The van der Waals surface area contributed by atoms with Crippen molar-refractivity contribution in [3.63, 3.8) is 0 Å². The van der Waals surface area contributed by atoms with E-state index >= 15 is 0 Å². The average molecular weight is 397 g/mol. The van der Waals surface area contributed by atoms with Gasteiger partial charge in [0.2, 0.25) is 5.91 Å². The first-order valence-electron chi connectivity index (χ1n) is 10.4. The van der Waals surface area contributed by atoms with Crippen molar-refractivity contribution in [3.8, 4) is 11.5 Å². The number of nitrogens with zero attached hydrogens (tertiary/aromatic N) is 4. The number of carbonyl (C=O) groups excluding carboxylic acids is 1. The summed E-state index contributed by atoms with van der Waals surface area (Å²) in [6.07, 6.45) is 2.88. The van der Waals surface area contributed by atoms with Crippen LogP contribution >= 0.6 is 0 Å². The van der Waals surface area contributed by atoms with E-state index in [1.165, 1.54) is 0 Å². The molecule has 4 heterocycles. The molecule has 8 nitrogen and oxygen atoms in total. The fraction of sp³-hybridized carbons (Fsp3) is 0.571. The second-order valence-electron chi connectivity index (χ2n) is 8.07. The Kier molecular flexibility index (Phi) is 4.87. The summed E-state index contributed by atoms with van der Waals surface area (Å²) in [5.41, 5.74) is 1.03. The third-order valence-electron chi connectivity index (χ3n) is 6.32. The Labute approximate surface area is 170 Å². The molecule has 3 aliphatic rings. The lowest BCUT2D eigenvalue weighted by Gasteiger charge is -2.33. The zero-order valence-electron chi connectivity index (χ0n) is 16.8. The summed E-state index contributed by atoms with van der Waals surface area (Å²) >= 11 is 0. The molecular formula is C21H27N5O3. The van der Waals surface area contributed by atoms with Crippen LogP contribution in [0.2, 0.25) is 0 Å². The SMILES string of the molecule is COc1cccc2c1OC[C@@H](C(=O)N1CCn3c(nnc3C3CCNCC3)C1)C2. The third-order valence-corrected chi connectivity index (χ3v) is 6.32. The number of rotatable bonds is 3. The molecule has 1 saturated heterocycles. The first-order chi connectivity index (χ1) is 14.2. The summed E-state index contributed by atoms with van der Waals surface area (Å²) in [5, 5.41) is 12.3. The number of amides is 1. The fourth-order valence-electron chi connectivity index (χ4n) is 4.72. The van der Waals surface area contributed by atoms with Crippen LogP contribution in [0.5, 0.6) is 11.5 Å². The molecule has 1 aromatic carbocycles. The van der Waals surface area contributed by atoms with E-state index in [4.69, 9.17) is 9.47 Å². The molecule has 0 aliphatic carbocycles. The van der Waals surface area contributed by atoms with Gasteiger partial charge in [0.15, 0.2) is 17.3 Å². The topological polar surface area (TPSA) is 81.5 Å². The van der Waals surface area contributed by atoms with E-state index < -0.39 is 0 Å². The highest BCUT2D eigenvalue weighted by molar-refractivity contribution is 5.80. The smallest absolute Gasteiger partial charge is 0.229 e. The maximum absolute atomic E-state index is 13.2. The van der Waals surface area contributed by atoms with Gasteiger partial charge >= 0.3 is 0 Å². The number of hydrogen-bond donors (Lipinski definition) is 1. The number of benzene rings is 1. The highest BCUT2D eigenvalue weighted by atomic mass is 16.5. The molecule has 0 spiro atoms. The van der Waals surface area contributed by atoms with Gasteiger partial charge in [-0.15, -0.1) is 10.2 Å². The maximum atomic E-state index is 13.2. The average Bonchev–Trinajstić information content (AvgIpc) is 3.21. The summed E-state index contributed by atoms with van der Waals surface area (Å²) in [7, 11) is 1.64. The van der Waals surface area contributed by atoms with Crippen molar-refractivity contribution in [1.82, 2.24) is 25.0 Å². The molecule has 1 amide bonds. The van der Waals surface area contributed by atoms with Gasteiger partial charge in [0.05, 0.1) is 19.6 Å².